The molecule has 1 fully saturated rings. The van der Waals surface area contributed by atoms with E-state index in [4.69, 9.17) is 9.47 Å². The van der Waals surface area contributed by atoms with Gasteiger partial charge >= 0.3 is 6.09 Å². The van der Waals surface area contributed by atoms with Crippen molar-refractivity contribution in [2.75, 3.05) is 19.7 Å². The summed E-state index contributed by atoms with van der Waals surface area (Å²) in [6, 6.07) is 4.18. The third kappa shape index (κ3) is 5.00. The van der Waals surface area contributed by atoms with Crippen LogP contribution in [0.5, 0.6) is 0 Å². The maximum atomic E-state index is 12.1. The summed E-state index contributed by atoms with van der Waals surface area (Å²) in [5, 5.41) is 2.08. The third-order valence-electron chi connectivity index (χ3n) is 3.47. The van der Waals surface area contributed by atoms with Gasteiger partial charge in [0.1, 0.15) is 5.60 Å². The maximum Gasteiger partial charge on any atom is 0.410 e. The van der Waals surface area contributed by atoms with Crippen LogP contribution in [0.1, 0.15) is 39.0 Å². The van der Waals surface area contributed by atoms with Crippen LogP contribution in [-0.4, -0.2) is 41.9 Å². The van der Waals surface area contributed by atoms with Gasteiger partial charge in [-0.05, 0) is 45.6 Å². The second-order valence-corrected chi connectivity index (χ2v) is 7.81. The second kappa shape index (κ2) is 6.36. The zero-order valence-corrected chi connectivity index (χ0v) is 14.2. The molecule has 4 nitrogen and oxygen atoms in total. The van der Waals surface area contributed by atoms with E-state index in [-0.39, 0.29) is 11.7 Å². The Bertz CT molecular complexity index is 466. The topological polar surface area (TPSA) is 38.8 Å². The normalized spacial score (nSPS) is 22.6. The van der Waals surface area contributed by atoms with Crippen molar-refractivity contribution in [2.24, 2.45) is 0 Å². The lowest BCUT2D eigenvalue weighted by Crippen LogP contribution is -2.39. The first kappa shape index (κ1) is 16.3. The first-order valence-corrected chi connectivity index (χ1v) is 8.30. The monoisotopic (exact) mass is 311 g/mol. The van der Waals surface area contributed by atoms with Crippen molar-refractivity contribution in [1.29, 1.82) is 0 Å². The Balaban J connectivity index is 1.78. The number of nitrogens with zero attached hydrogens (tertiary/aromatic N) is 1. The van der Waals surface area contributed by atoms with Crippen LogP contribution in [0.3, 0.4) is 0 Å². The van der Waals surface area contributed by atoms with Gasteiger partial charge in [-0.15, -0.1) is 11.3 Å². The highest BCUT2D eigenvalue weighted by Gasteiger charge is 2.38. The van der Waals surface area contributed by atoms with Gasteiger partial charge in [-0.3, -0.25) is 0 Å². The summed E-state index contributed by atoms with van der Waals surface area (Å²) in [5.74, 6) is 0. The van der Waals surface area contributed by atoms with Gasteiger partial charge in [0.2, 0.25) is 0 Å². The maximum absolute atomic E-state index is 12.1. The average molecular weight is 311 g/mol. The van der Waals surface area contributed by atoms with Crippen molar-refractivity contribution in [2.45, 2.75) is 51.7 Å². The fourth-order valence-electron chi connectivity index (χ4n) is 2.39. The minimum absolute atomic E-state index is 0.243. The zero-order valence-electron chi connectivity index (χ0n) is 13.3. The molecule has 1 aliphatic rings. The number of thiophene rings is 1. The molecule has 1 atom stereocenters. The molecule has 21 heavy (non-hydrogen) atoms. The van der Waals surface area contributed by atoms with E-state index in [1.54, 1.807) is 16.2 Å². The first-order chi connectivity index (χ1) is 9.77. The largest absolute Gasteiger partial charge is 0.444 e. The number of hydrogen-bond acceptors (Lipinski definition) is 4. The molecular formula is C16H25NO3S. The molecule has 0 spiro atoms. The Kier molecular flexibility index (Phi) is 4.94. The zero-order chi connectivity index (χ0) is 15.5. The Morgan fingerprint density at radius 2 is 2.24 bits per heavy atom. The Morgan fingerprint density at radius 3 is 2.86 bits per heavy atom. The van der Waals surface area contributed by atoms with Gasteiger partial charge in [-0.1, -0.05) is 6.07 Å². The quantitative estimate of drug-likeness (QED) is 0.851. The Morgan fingerprint density at radius 1 is 1.48 bits per heavy atom. The highest BCUT2D eigenvalue weighted by molar-refractivity contribution is 7.09. The van der Waals surface area contributed by atoms with Crippen molar-refractivity contribution in [3.8, 4) is 0 Å². The van der Waals surface area contributed by atoms with Gasteiger partial charge in [-0.25, -0.2) is 4.79 Å². The molecule has 0 saturated carbocycles. The minimum atomic E-state index is -0.448. The molecule has 1 unspecified atom stereocenters. The lowest BCUT2D eigenvalue weighted by Gasteiger charge is -2.27. The summed E-state index contributed by atoms with van der Waals surface area (Å²) in [5.41, 5.74) is -0.704. The molecule has 2 rings (SSSR count). The van der Waals surface area contributed by atoms with E-state index in [1.165, 1.54) is 4.88 Å². The molecule has 0 radical (unpaired) electrons. The molecule has 2 heterocycles. The number of amides is 1. The first-order valence-electron chi connectivity index (χ1n) is 7.42. The molecule has 0 aromatic carbocycles. The van der Waals surface area contributed by atoms with Crippen LogP contribution in [0.4, 0.5) is 4.79 Å². The van der Waals surface area contributed by atoms with Gasteiger partial charge < -0.3 is 14.4 Å². The van der Waals surface area contributed by atoms with Crippen LogP contribution in [0.25, 0.3) is 0 Å². The number of carbonyl (C=O) groups excluding carboxylic acids is 1. The molecule has 1 aromatic rings. The number of hydrogen-bond donors (Lipinski definition) is 0. The van der Waals surface area contributed by atoms with Gasteiger partial charge in [0.05, 0.1) is 18.8 Å². The van der Waals surface area contributed by atoms with Crippen LogP contribution in [0, 0.1) is 0 Å². The smallest absolute Gasteiger partial charge is 0.410 e. The van der Waals surface area contributed by atoms with E-state index in [0.717, 1.165) is 12.8 Å². The molecule has 1 saturated heterocycles. The third-order valence-corrected chi connectivity index (χ3v) is 4.40. The molecule has 0 aliphatic carbocycles. The summed E-state index contributed by atoms with van der Waals surface area (Å²) in [7, 11) is 0. The molecule has 0 N–H and O–H groups in total. The SMILES string of the molecule is CC(C)(C)OC(=O)N1CCC(C)(OCCc2cccs2)C1. The number of rotatable bonds is 4. The van der Waals surface area contributed by atoms with Gasteiger partial charge in [0.15, 0.2) is 0 Å². The molecule has 1 aliphatic heterocycles. The summed E-state index contributed by atoms with van der Waals surface area (Å²) in [6.45, 7) is 9.73. The van der Waals surface area contributed by atoms with Crippen molar-refractivity contribution >= 4 is 17.4 Å². The van der Waals surface area contributed by atoms with Gasteiger partial charge in [0, 0.05) is 17.8 Å². The van der Waals surface area contributed by atoms with E-state index < -0.39 is 5.60 Å². The average Bonchev–Trinajstić information content (AvgIpc) is 2.97. The van der Waals surface area contributed by atoms with Crippen LogP contribution in [0.15, 0.2) is 17.5 Å². The van der Waals surface area contributed by atoms with Crippen LogP contribution in [-0.2, 0) is 15.9 Å². The Hall–Kier alpha value is -1.07. The van der Waals surface area contributed by atoms with E-state index in [1.807, 2.05) is 20.8 Å². The van der Waals surface area contributed by atoms with E-state index in [0.29, 0.717) is 19.7 Å². The van der Waals surface area contributed by atoms with Crippen molar-refractivity contribution < 1.29 is 14.3 Å². The minimum Gasteiger partial charge on any atom is -0.444 e. The van der Waals surface area contributed by atoms with E-state index in [9.17, 15) is 4.79 Å². The fraction of sp³-hybridized carbons (Fsp3) is 0.688. The van der Waals surface area contributed by atoms with E-state index in [2.05, 4.69) is 24.4 Å². The number of ether oxygens (including phenoxy) is 2. The predicted molar refractivity (Wildman–Crippen MR) is 84.8 cm³/mol. The predicted octanol–water partition coefficient (Wildman–Crippen LogP) is 3.71. The van der Waals surface area contributed by atoms with Crippen LogP contribution >= 0.6 is 11.3 Å². The van der Waals surface area contributed by atoms with Crippen LogP contribution < -0.4 is 0 Å². The molecular weight excluding hydrogens is 286 g/mol. The number of likely N-dealkylation sites (tertiary alicyclic amines) is 1. The van der Waals surface area contributed by atoms with Crippen molar-refractivity contribution in [3.63, 3.8) is 0 Å². The summed E-state index contributed by atoms with van der Waals surface area (Å²) in [6.07, 6.45) is 1.55. The van der Waals surface area contributed by atoms with Gasteiger partial charge in [0.25, 0.3) is 0 Å². The lowest BCUT2D eigenvalue weighted by atomic mass is 10.1. The molecule has 118 valence electrons. The Labute approximate surface area is 131 Å². The second-order valence-electron chi connectivity index (χ2n) is 6.78. The molecule has 0 bridgehead atoms. The van der Waals surface area contributed by atoms with Crippen molar-refractivity contribution in [3.05, 3.63) is 22.4 Å². The summed E-state index contributed by atoms with van der Waals surface area (Å²) >= 11 is 1.75. The summed E-state index contributed by atoms with van der Waals surface area (Å²) < 4.78 is 11.4. The van der Waals surface area contributed by atoms with Gasteiger partial charge in [-0.2, -0.15) is 0 Å². The van der Waals surface area contributed by atoms with E-state index >= 15 is 0 Å². The summed E-state index contributed by atoms with van der Waals surface area (Å²) in [4.78, 5) is 15.1. The van der Waals surface area contributed by atoms with Crippen LogP contribution in [0.2, 0.25) is 0 Å². The molecule has 5 heteroatoms. The molecule has 1 aromatic heterocycles. The highest BCUT2D eigenvalue weighted by Crippen LogP contribution is 2.26. The highest BCUT2D eigenvalue weighted by atomic mass is 32.1. The lowest BCUT2D eigenvalue weighted by molar-refractivity contribution is -0.0256. The fourth-order valence-corrected chi connectivity index (χ4v) is 3.08. The molecule has 1 amide bonds. The van der Waals surface area contributed by atoms with Crippen molar-refractivity contribution in [1.82, 2.24) is 4.90 Å². The standard InChI is InChI=1S/C16H25NO3S/c1-15(2,3)20-14(18)17-9-8-16(4,12-17)19-10-7-13-6-5-11-21-13/h5-6,11H,7-10,12H2,1-4H3. The number of carbonyl (C=O) groups is 1.